The van der Waals surface area contributed by atoms with Crippen LogP contribution in [0.5, 0.6) is 0 Å². The van der Waals surface area contributed by atoms with Crippen molar-refractivity contribution in [2.75, 3.05) is 19.7 Å². The molecule has 24 heavy (non-hydrogen) atoms. The maximum Gasteiger partial charge on any atom is 0.134 e. The summed E-state index contributed by atoms with van der Waals surface area (Å²) in [6, 6.07) is 13.2. The molecular weight excluding hydrogens is 369 g/mol. The summed E-state index contributed by atoms with van der Waals surface area (Å²) >= 11 is 13.0. The standard InChI is InChI=1S/C18H19Cl2NO2.ClH/c1-12(22)13-5-2-3-6-14(13)18(11-21-9-10-23-18)17-15(19)7-4-8-16(17)20;/h2-8,12,21-22H,9-11H2,1H3;1H. The maximum atomic E-state index is 10.2. The van der Waals surface area contributed by atoms with Crippen LogP contribution in [-0.2, 0) is 10.3 Å². The molecule has 1 aliphatic rings. The molecule has 0 bridgehead atoms. The molecule has 0 aromatic heterocycles. The molecule has 0 spiro atoms. The average molecular weight is 389 g/mol. The third kappa shape index (κ3) is 3.43. The summed E-state index contributed by atoms with van der Waals surface area (Å²) in [5.74, 6) is 0. The predicted octanol–water partition coefficient (Wildman–Crippen LogP) is 4.33. The van der Waals surface area contributed by atoms with Gasteiger partial charge in [0, 0.05) is 28.7 Å². The topological polar surface area (TPSA) is 41.5 Å². The van der Waals surface area contributed by atoms with Crippen LogP contribution in [0.4, 0.5) is 0 Å². The first-order valence-electron chi connectivity index (χ1n) is 7.63. The van der Waals surface area contributed by atoms with E-state index in [9.17, 15) is 5.11 Å². The number of nitrogens with one attached hydrogen (secondary N) is 1. The number of halogens is 3. The molecule has 1 heterocycles. The smallest absolute Gasteiger partial charge is 0.134 e. The Morgan fingerprint density at radius 1 is 1.12 bits per heavy atom. The number of morpholine rings is 1. The Hall–Kier alpha value is -0.810. The molecule has 3 rings (SSSR count). The molecule has 0 amide bonds. The van der Waals surface area contributed by atoms with E-state index in [1.54, 1.807) is 6.92 Å². The minimum atomic E-state index is -0.818. The Balaban J connectivity index is 0.00000208. The third-order valence-electron chi connectivity index (χ3n) is 4.21. The Kier molecular flexibility index (Phi) is 6.54. The first-order chi connectivity index (χ1) is 11.1. The molecule has 2 N–H and O–H groups in total. The van der Waals surface area contributed by atoms with Crippen molar-refractivity contribution in [3.05, 3.63) is 69.2 Å². The second kappa shape index (κ2) is 8.05. The van der Waals surface area contributed by atoms with Crippen LogP contribution in [0.15, 0.2) is 42.5 Å². The van der Waals surface area contributed by atoms with E-state index in [-0.39, 0.29) is 12.4 Å². The van der Waals surface area contributed by atoms with Crippen LogP contribution in [0.1, 0.15) is 29.7 Å². The SMILES string of the molecule is CC(O)c1ccccc1C1(c2c(Cl)cccc2Cl)CNCCO1.Cl. The minimum Gasteiger partial charge on any atom is -0.389 e. The normalized spacial score (nSPS) is 21.8. The molecule has 1 aliphatic heterocycles. The quantitative estimate of drug-likeness (QED) is 0.822. The zero-order valence-corrected chi connectivity index (χ0v) is 15.6. The third-order valence-corrected chi connectivity index (χ3v) is 4.84. The van der Waals surface area contributed by atoms with Crippen molar-refractivity contribution in [1.29, 1.82) is 0 Å². The lowest BCUT2D eigenvalue weighted by molar-refractivity contribution is -0.0418. The van der Waals surface area contributed by atoms with Crippen LogP contribution >= 0.6 is 35.6 Å². The van der Waals surface area contributed by atoms with Crippen molar-refractivity contribution in [2.24, 2.45) is 0 Å². The lowest BCUT2D eigenvalue weighted by Gasteiger charge is -2.41. The fraction of sp³-hybridized carbons (Fsp3) is 0.333. The summed E-state index contributed by atoms with van der Waals surface area (Å²) in [5.41, 5.74) is 1.62. The molecule has 1 fully saturated rings. The summed E-state index contributed by atoms with van der Waals surface area (Å²) in [6.45, 7) is 3.59. The van der Waals surface area contributed by atoms with E-state index in [0.29, 0.717) is 23.2 Å². The van der Waals surface area contributed by atoms with Crippen LogP contribution in [0, 0.1) is 0 Å². The van der Waals surface area contributed by atoms with E-state index in [1.165, 1.54) is 0 Å². The summed E-state index contributed by atoms with van der Waals surface area (Å²) in [5, 5.41) is 14.7. The van der Waals surface area contributed by atoms with E-state index in [0.717, 1.165) is 23.2 Å². The van der Waals surface area contributed by atoms with Crippen molar-refractivity contribution in [3.63, 3.8) is 0 Å². The van der Waals surface area contributed by atoms with Gasteiger partial charge in [-0.15, -0.1) is 12.4 Å². The molecule has 3 nitrogen and oxygen atoms in total. The lowest BCUT2D eigenvalue weighted by Crippen LogP contribution is -2.49. The Morgan fingerprint density at radius 3 is 2.38 bits per heavy atom. The van der Waals surface area contributed by atoms with Crippen LogP contribution in [-0.4, -0.2) is 24.8 Å². The van der Waals surface area contributed by atoms with E-state index >= 15 is 0 Å². The first-order valence-corrected chi connectivity index (χ1v) is 8.38. The van der Waals surface area contributed by atoms with Crippen molar-refractivity contribution < 1.29 is 9.84 Å². The highest BCUT2D eigenvalue weighted by Gasteiger charge is 2.42. The van der Waals surface area contributed by atoms with Gasteiger partial charge in [0.05, 0.1) is 12.7 Å². The van der Waals surface area contributed by atoms with Crippen LogP contribution in [0.25, 0.3) is 0 Å². The van der Waals surface area contributed by atoms with Crippen molar-refractivity contribution in [1.82, 2.24) is 5.32 Å². The predicted molar refractivity (Wildman–Crippen MR) is 100 cm³/mol. The van der Waals surface area contributed by atoms with Gasteiger partial charge < -0.3 is 15.2 Å². The van der Waals surface area contributed by atoms with Crippen LogP contribution < -0.4 is 5.32 Å². The van der Waals surface area contributed by atoms with Crippen LogP contribution in [0.3, 0.4) is 0 Å². The van der Waals surface area contributed by atoms with Gasteiger partial charge in [0.25, 0.3) is 0 Å². The lowest BCUT2D eigenvalue weighted by atomic mass is 9.81. The van der Waals surface area contributed by atoms with Gasteiger partial charge in [0.2, 0.25) is 0 Å². The highest BCUT2D eigenvalue weighted by Crippen LogP contribution is 2.44. The van der Waals surface area contributed by atoms with Gasteiger partial charge in [-0.1, -0.05) is 53.5 Å². The average Bonchev–Trinajstić information content (AvgIpc) is 2.55. The summed E-state index contributed by atoms with van der Waals surface area (Å²) in [7, 11) is 0. The van der Waals surface area contributed by atoms with E-state index in [1.807, 2.05) is 42.5 Å². The molecular formula is C18H20Cl3NO2. The molecule has 6 heteroatoms. The summed E-state index contributed by atoms with van der Waals surface area (Å²) in [6.07, 6.45) is -0.616. The second-order valence-electron chi connectivity index (χ2n) is 5.71. The van der Waals surface area contributed by atoms with Gasteiger partial charge in [-0.25, -0.2) is 0 Å². The van der Waals surface area contributed by atoms with Gasteiger partial charge in [-0.3, -0.25) is 0 Å². The maximum absolute atomic E-state index is 10.2. The zero-order valence-electron chi connectivity index (χ0n) is 13.3. The number of benzene rings is 2. The number of ether oxygens (including phenoxy) is 1. The minimum absolute atomic E-state index is 0. The Labute approximate surface area is 158 Å². The van der Waals surface area contributed by atoms with Crippen LogP contribution in [0.2, 0.25) is 10.0 Å². The number of aliphatic hydroxyl groups is 1. The van der Waals surface area contributed by atoms with E-state index in [2.05, 4.69) is 5.32 Å². The van der Waals surface area contributed by atoms with Gasteiger partial charge in [-0.05, 0) is 30.2 Å². The molecule has 2 aromatic rings. The molecule has 2 atom stereocenters. The van der Waals surface area contributed by atoms with E-state index < -0.39 is 11.7 Å². The molecule has 2 aromatic carbocycles. The van der Waals surface area contributed by atoms with E-state index in [4.69, 9.17) is 27.9 Å². The molecule has 1 saturated heterocycles. The summed E-state index contributed by atoms with van der Waals surface area (Å²) < 4.78 is 6.25. The number of hydrogen-bond donors (Lipinski definition) is 2. The molecule has 0 saturated carbocycles. The Bertz CT molecular complexity index is 680. The van der Waals surface area contributed by atoms with Gasteiger partial charge in [0.1, 0.15) is 5.60 Å². The number of aliphatic hydroxyl groups excluding tert-OH is 1. The van der Waals surface area contributed by atoms with Crippen molar-refractivity contribution in [3.8, 4) is 0 Å². The Morgan fingerprint density at radius 2 is 1.79 bits per heavy atom. The highest BCUT2D eigenvalue weighted by atomic mass is 35.5. The fourth-order valence-corrected chi connectivity index (χ4v) is 3.90. The largest absolute Gasteiger partial charge is 0.389 e. The van der Waals surface area contributed by atoms with Crippen molar-refractivity contribution in [2.45, 2.75) is 18.6 Å². The number of hydrogen-bond acceptors (Lipinski definition) is 3. The summed E-state index contributed by atoms with van der Waals surface area (Å²) in [4.78, 5) is 0. The van der Waals surface area contributed by atoms with Crippen molar-refractivity contribution >= 4 is 35.6 Å². The van der Waals surface area contributed by atoms with Gasteiger partial charge in [-0.2, -0.15) is 0 Å². The molecule has 0 aliphatic carbocycles. The molecule has 0 radical (unpaired) electrons. The molecule has 2 unspecified atom stereocenters. The monoisotopic (exact) mass is 387 g/mol. The highest BCUT2D eigenvalue weighted by molar-refractivity contribution is 6.36. The second-order valence-corrected chi connectivity index (χ2v) is 6.53. The number of rotatable bonds is 3. The zero-order chi connectivity index (χ0) is 16.4. The van der Waals surface area contributed by atoms with Gasteiger partial charge in [0.15, 0.2) is 0 Å². The molecule has 130 valence electrons. The van der Waals surface area contributed by atoms with Gasteiger partial charge >= 0.3 is 0 Å². The first kappa shape index (κ1) is 19.5. The fourth-order valence-electron chi connectivity index (χ4n) is 3.19.